The summed E-state index contributed by atoms with van der Waals surface area (Å²) in [6.45, 7) is 0. The van der Waals surface area contributed by atoms with Crippen LogP contribution in [-0.2, 0) is 20.1 Å². The van der Waals surface area contributed by atoms with E-state index in [-0.39, 0.29) is 20.1 Å². The van der Waals surface area contributed by atoms with Gasteiger partial charge in [-0.05, 0) is 82.2 Å². The molecule has 0 aliphatic rings. The number of hydrogen-bond acceptors (Lipinski definition) is 6. The Labute approximate surface area is 468 Å². The van der Waals surface area contributed by atoms with Crippen LogP contribution in [0.1, 0.15) is 0 Å². The van der Waals surface area contributed by atoms with Crippen LogP contribution >= 0.6 is 0 Å². The Kier molecular flexibility index (Phi) is 17.6. The van der Waals surface area contributed by atoms with Crippen molar-refractivity contribution in [1.29, 1.82) is 0 Å². The molecule has 0 spiro atoms. The molecule has 0 unspecified atom stereocenters. The minimum Gasteiger partial charge on any atom is -0.574 e. The van der Waals surface area contributed by atoms with Gasteiger partial charge in [-0.1, -0.05) is 151 Å². The Balaban J connectivity index is 0.000000157. The van der Waals surface area contributed by atoms with Gasteiger partial charge in [-0.3, -0.25) is 14.1 Å². The molecule has 0 saturated heterocycles. The van der Waals surface area contributed by atoms with Gasteiger partial charge in [0.25, 0.3) is 12.7 Å². The summed E-state index contributed by atoms with van der Waals surface area (Å²) in [5, 5.41) is 7.58. The molecule has 387 valence electrons. The molecular formula is C66H52IrN7O4-3. The summed E-state index contributed by atoms with van der Waals surface area (Å²) in [6.07, 6.45) is 10.5. The SMILES string of the molecule is COc1cc[c-]c(-n2[c-][n+](-c3cccc(OC)c3)c(-c3ccccc3)c2-c2ccccc2)c1.COc1cc[c-]c(-n2[c-][n+](-c3cccc(OC)c3)c(-c3ccccc3)c2-c2ccccc2)c1.[Ir].c1ccc(-c2ccn[n-]2)nc1. The van der Waals surface area contributed by atoms with Crippen molar-refractivity contribution in [1.82, 2.24) is 24.3 Å². The van der Waals surface area contributed by atoms with Gasteiger partial charge in [0.05, 0.1) is 62.6 Å². The van der Waals surface area contributed by atoms with Crippen molar-refractivity contribution >= 4 is 0 Å². The molecule has 12 heteroatoms. The first kappa shape index (κ1) is 53.2. The Morgan fingerprint density at radius 2 is 0.821 bits per heavy atom. The molecule has 0 N–H and O–H groups in total. The number of rotatable bonds is 13. The van der Waals surface area contributed by atoms with Crippen molar-refractivity contribution in [3.05, 3.63) is 268 Å². The average molecular weight is 1200 g/mol. The number of pyridine rings is 1. The van der Waals surface area contributed by atoms with Gasteiger partial charge in [-0.15, -0.1) is 24.3 Å². The summed E-state index contributed by atoms with van der Waals surface area (Å²) in [4.78, 5) is 4.12. The van der Waals surface area contributed by atoms with Crippen LogP contribution in [0.25, 0.3) is 79.2 Å². The van der Waals surface area contributed by atoms with Crippen molar-refractivity contribution in [2.75, 3.05) is 28.4 Å². The van der Waals surface area contributed by atoms with Crippen molar-refractivity contribution in [3.8, 4) is 102 Å². The maximum absolute atomic E-state index is 5.50. The van der Waals surface area contributed by atoms with E-state index in [2.05, 4.69) is 134 Å². The zero-order chi connectivity index (χ0) is 52.8. The molecule has 78 heavy (non-hydrogen) atoms. The predicted octanol–water partition coefficient (Wildman–Crippen LogP) is 12.5. The van der Waals surface area contributed by atoms with Gasteiger partial charge in [0.2, 0.25) is 0 Å². The molecule has 0 bridgehead atoms. The minimum atomic E-state index is 0. The van der Waals surface area contributed by atoms with Crippen LogP contribution in [0.5, 0.6) is 23.0 Å². The average Bonchev–Trinajstić information content (AvgIpc) is 4.38. The Morgan fingerprint density at radius 1 is 0.410 bits per heavy atom. The number of aromatic nitrogens is 7. The Bertz CT molecular complexity index is 3370. The molecule has 4 heterocycles. The van der Waals surface area contributed by atoms with Crippen LogP contribution in [0.4, 0.5) is 0 Å². The van der Waals surface area contributed by atoms with Gasteiger partial charge in [0.1, 0.15) is 11.5 Å². The van der Waals surface area contributed by atoms with E-state index in [4.69, 9.17) is 18.9 Å². The first-order valence-electron chi connectivity index (χ1n) is 24.7. The first-order valence-corrected chi connectivity index (χ1v) is 24.7. The van der Waals surface area contributed by atoms with Crippen molar-refractivity contribution in [3.63, 3.8) is 0 Å². The van der Waals surface area contributed by atoms with E-state index in [0.29, 0.717) is 0 Å². The van der Waals surface area contributed by atoms with Crippen molar-refractivity contribution in [2.24, 2.45) is 0 Å². The number of hydrogen-bond donors (Lipinski definition) is 0. The van der Waals surface area contributed by atoms with Crippen LogP contribution in [0, 0.1) is 24.8 Å². The van der Waals surface area contributed by atoms with Crippen LogP contribution in [0.3, 0.4) is 0 Å². The maximum Gasteiger partial charge on any atom is 0.268 e. The van der Waals surface area contributed by atoms with Crippen molar-refractivity contribution in [2.45, 2.75) is 0 Å². The largest absolute Gasteiger partial charge is 0.574 e. The Hall–Kier alpha value is -9.61. The van der Waals surface area contributed by atoms with E-state index < -0.39 is 0 Å². The number of benzene rings is 8. The van der Waals surface area contributed by atoms with E-state index in [1.54, 1.807) is 40.8 Å². The number of nitrogens with zero attached hydrogens (tertiary/aromatic N) is 7. The normalized spacial score (nSPS) is 10.5. The van der Waals surface area contributed by atoms with Crippen LogP contribution in [0.15, 0.2) is 243 Å². The zero-order valence-electron chi connectivity index (χ0n) is 43.2. The van der Waals surface area contributed by atoms with Gasteiger partial charge < -0.3 is 38.3 Å². The molecule has 4 aromatic heterocycles. The van der Waals surface area contributed by atoms with Gasteiger partial charge in [0.15, 0.2) is 0 Å². The second-order valence-corrected chi connectivity index (χ2v) is 17.2. The summed E-state index contributed by atoms with van der Waals surface area (Å²) < 4.78 is 30.2. The third kappa shape index (κ3) is 12.1. The van der Waals surface area contributed by atoms with Gasteiger partial charge in [-0.2, -0.15) is 24.3 Å². The molecule has 1 radical (unpaired) electrons. The third-order valence-corrected chi connectivity index (χ3v) is 12.4. The summed E-state index contributed by atoms with van der Waals surface area (Å²) in [7, 11) is 6.69. The van der Waals surface area contributed by atoms with Gasteiger partial charge in [0, 0.05) is 49.7 Å². The molecule has 0 aliphatic heterocycles. The fourth-order valence-electron chi connectivity index (χ4n) is 8.76. The van der Waals surface area contributed by atoms with Crippen LogP contribution in [0.2, 0.25) is 0 Å². The Morgan fingerprint density at radius 3 is 1.21 bits per heavy atom. The molecule has 11 nitrogen and oxygen atoms in total. The third-order valence-electron chi connectivity index (χ3n) is 12.4. The molecule has 8 aromatic carbocycles. The second-order valence-electron chi connectivity index (χ2n) is 17.2. The smallest absolute Gasteiger partial charge is 0.268 e. The minimum absolute atomic E-state index is 0. The van der Waals surface area contributed by atoms with Crippen LogP contribution < -0.4 is 33.2 Å². The molecule has 0 saturated carbocycles. The molecule has 12 aromatic rings. The molecule has 0 atom stereocenters. The van der Waals surface area contributed by atoms with E-state index in [9.17, 15) is 0 Å². The first-order chi connectivity index (χ1) is 38.0. The standard InChI is InChI=1S/2C29H23N2O2.C8H6N3.Ir/c2*1-32-26-17-9-15-24(19-26)30-21-31(25-16-10-18-27(20-25)33-2)29(23-13-7-4-8-14-23)28(30)22-11-5-3-6-12-22;1-2-5-9-7(3-1)8-4-6-10-11-8;/h2*3-15,17-20H,1-2H3;1-6H;/q3*-1;. The monoisotopic (exact) mass is 1200 g/mol. The molecule has 12 rings (SSSR count). The molecular weight excluding hydrogens is 1150 g/mol. The zero-order valence-corrected chi connectivity index (χ0v) is 45.6. The molecule has 0 aliphatic carbocycles. The second kappa shape index (κ2) is 25.8. The number of ether oxygens (including phenoxy) is 4. The number of methoxy groups -OCH3 is 4. The van der Waals surface area contributed by atoms with E-state index >= 15 is 0 Å². The predicted molar refractivity (Wildman–Crippen MR) is 299 cm³/mol. The van der Waals surface area contributed by atoms with E-state index in [1.807, 2.05) is 155 Å². The van der Waals surface area contributed by atoms with Gasteiger partial charge in [-0.25, -0.2) is 0 Å². The van der Waals surface area contributed by atoms with Crippen LogP contribution in [-0.4, -0.2) is 47.7 Å². The fourth-order valence-corrected chi connectivity index (χ4v) is 8.76. The van der Waals surface area contributed by atoms with Crippen molar-refractivity contribution < 1.29 is 48.2 Å². The molecule has 0 fully saturated rings. The number of imidazole rings is 2. The summed E-state index contributed by atoms with van der Waals surface area (Å²) >= 11 is 0. The van der Waals surface area contributed by atoms with E-state index in [1.165, 1.54) is 0 Å². The maximum atomic E-state index is 5.50. The topological polar surface area (TPSA) is 94.4 Å². The quantitative estimate of drug-likeness (QED) is 0.0838. The fraction of sp³-hybridized carbons (Fsp3) is 0.0606. The van der Waals surface area contributed by atoms with Gasteiger partial charge >= 0.3 is 0 Å². The van der Waals surface area contributed by atoms with E-state index in [0.717, 1.165) is 102 Å². The summed E-state index contributed by atoms with van der Waals surface area (Å²) in [5.41, 5.74) is 13.6. The molecule has 0 amide bonds. The summed E-state index contributed by atoms with van der Waals surface area (Å²) in [5.74, 6) is 3.10. The summed E-state index contributed by atoms with van der Waals surface area (Å²) in [6, 6.07) is 83.1.